The molecule has 3 aromatic rings. The van der Waals surface area contributed by atoms with Crippen LogP contribution >= 0.6 is 0 Å². The Morgan fingerprint density at radius 3 is 2.64 bits per heavy atom. The highest BCUT2D eigenvalue weighted by Crippen LogP contribution is 2.23. The summed E-state index contributed by atoms with van der Waals surface area (Å²) in [5.74, 6) is -0.932. The molecule has 1 amide bonds. The Morgan fingerprint density at radius 1 is 1.16 bits per heavy atom. The van der Waals surface area contributed by atoms with Crippen molar-refractivity contribution in [1.29, 1.82) is 0 Å². The van der Waals surface area contributed by atoms with Crippen LogP contribution < -0.4 is 5.32 Å². The Labute approximate surface area is 144 Å². The molecule has 1 N–H and O–H groups in total. The molecule has 0 aliphatic rings. The van der Waals surface area contributed by atoms with Crippen LogP contribution in [0.3, 0.4) is 0 Å². The standard InChI is InChI=1S/C18H16N4O3/c1-25-16(23)11-20-18(24)15-12-22(14-7-3-2-4-8-14)21-17(15)13-6-5-9-19-10-13/h2-10,12H,11H2,1H3,(H,20,24). The van der Waals surface area contributed by atoms with Crippen LogP contribution in [0.15, 0.2) is 61.1 Å². The molecule has 7 nitrogen and oxygen atoms in total. The van der Waals surface area contributed by atoms with E-state index in [1.54, 1.807) is 29.3 Å². The van der Waals surface area contributed by atoms with Gasteiger partial charge in [0, 0.05) is 24.2 Å². The summed E-state index contributed by atoms with van der Waals surface area (Å²) in [4.78, 5) is 27.8. The summed E-state index contributed by atoms with van der Waals surface area (Å²) in [5.41, 5.74) is 2.36. The first kappa shape index (κ1) is 16.4. The van der Waals surface area contributed by atoms with Crippen molar-refractivity contribution >= 4 is 11.9 Å². The molecule has 2 aromatic heterocycles. The number of rotatable bonds is 5. The molecule has 0 radical (unpaired) electrons. The molecule has 0 fully saturated rings. The highest BCUT2D eigenvalue weighted by Gasteiger charge is 2.19. The van der Waals surface area contributed by atoms with Gasteiger partial charge >= 0.3 is 5.97 Å². The number of pyridine rings is 1. The fraction of sp³-hybridized carbons (Fsp3) is 0.111. The lowest BCUT2D eigenvalue weighted by molar-refractivity contribution is -0.139. The van der Waals surface area contributed by atoms with E-state index in [9.17, 15) is 9.59 Å². The van der Waals surface area contributed by atoms with Gasteiger partial charge in [-0.05, 0) is 24.3 Å². The minimum Gasteiger partial charge on any atom is -0.468 e. The average Bonchev–Trinajstić information content (AvgIpc) is 3.12. The molecule has 0 saturated heterocycles. The second kappa shape index (κ2) is 7.39. The first-order valence-electron chi connectivity index (χ1n) is 7.59. The molecule has 0 aliphatic heterocycles. The second-order valence-electron chi connectivity index (χ2n) is 5.17. The van der Waals surface area contributed by atoms with Gasteiger partial charge < -0.3 is 10.1 Å². The fourth-order valence-corrected chi connectivity index (χ4v) is 2.29. The van der Waals surface area contributed by atoms with E-state index in [0.29, 0.717) is 16.8 Å². The first-order valence-corrected chi connectivity index (χ1v) is 7.59. The van der Waals surface area contributed by atoms with Crippen LogP contribution in [0.4, 0.5) is 0 Å². The Hall–Kier alpha value is -3.48. The molecule has 0 spiro atoms. The van der Waals surface area contributed by atoms with E-state index >= 15 is 0 Å². The lowest BCUT2D eigenvalue weighted by Gasteiger charge is -2.03. The topological polar surface area (TPSA) is 86.1 Å². The molecule has 0 saturated carbocycles. The summed E-state index contributed by atoms with van der Waals surface area (Å²) in [7, 11) is 1.27. The van der Waals surface area contributed by atoms with Crippen molar-refractivity contribution in [3.63, 3.8) is 0 Å². The number of hydrogen-bond acceptors (Lipinski definition) is 5. The first-order chi connectivity index (χ1) is 12.2. The summed E-state index contributed by atoms with van der Waals surface area (Å²) in [5, 5.41) is 7.06. The van der Waals surface area contributed by atoms with Gasteiger partial charge in [-0.25, -0.2) is 4.68 Å². The number of nitrogens with zero attached hydrogens (tertiary/aromatic N) is 3. The van der Waals surface area contributed by atoms with Gasteiger partial charge in [-0.2, -0.15) is 5.10 Å². The number of nitrogens with one attached hydrogen (secondary N) is 1. The fourth-order valence-electron chi connectivity index (χ4n) is 2.29. The third kappa shape index (κ3) is 3.72. The van der Waals surface area contributed by atoms with Gasteiger partial charge in [0.1, 0.15) is 12.2 Å². The summed E-state index contributed by atoms with van der Waals surface area (Å²) in [6, 6.07) is 13.0. The minimum atomic E-state index is -0.522. The number of esters is 1. The van der Waals surface area contributed by atoms with E-state index in [4.69, 9.17) is 0 Å². The number of aromatic nitrogens is 3. The zero-order valence-electron chi connectivity index (χ0n) is 13.5. The number of para-hydroxylation sites is 1. The number of methoxy groups -OCH3 is 1. The third-order valence-electron chi connectivity index (χ3n) is 3.54. The predicted octanol–water partition coefficient (Wildman–Crippen LogP) is 1.84. The van der Waals surface area contributed by atoms with Crippen LogP contribution in [0.5, 0.6) is 0 Å². The van der Waals surface area contributed by atoms with Crippen LogP contribution in [0.2, 0.25) is 0 Å². The lowest BCUT2D eigenvalue weighted by Crippen LogP contribution is -2.30. The molecule has 126 valence electrons. The smallest absolute Gasteiger partial charge is 0.325 e. The van der Waals surface area contributed by atoms with Crippen molar-refractivity contribution in [3.8, 4) is 16.9 Å². The Morgan fingerprint density at radius 2 is 1.96 bits per heavy atom. The highest BCUT2D eigenvalue weighted by atomic mass is 16.5. The summed E-state index contributed by atoms with van der Waals surface area (Å²) in [6.07, 6.45) is 4.91. The van der Waals surface area contributed by atoms with Crippen LogP contribution in [0, 0.1) is 0 Å². The van der Waals surface area contributed by atoms with Crippen molar-refractivity contribution in [2.24, 2.45) is 0 Å². The van der Waals surface area contributed by atoms with E-state index in [-0.39, 0.29) is 6.54 Å². The number of carbonyl (C=O) groups is 2. The molecular weight excluding hydrogens is 320 g/mol. The van der Waals surface area contributed by atoms with Crippen molar-refractivity contribution in [3.05, 3.63) is 66.6 Å². The van der Waals surface area contributed by atoms with E-state index < -0.39 is 11.9 Å². The number of benzene rings is 1. The quantitative estimate of drug-likeness (QED) is 0.719. The zero-order valence-corrected chi connectivity index (χ0v) is 13.5. The predicted molar refractivity (Wildman–Crippen MR) is 91.1 cm³/mol. The van der Waals surface area contributed by atoms with Gasteiger partial charge in [0.15, 0.2) is 0 Å². The molecule has 3 rings (SSSR count). The Kier molecular flexibility index (Phi) is 4.84. The van der Waals surface area contributed by atoms with E-state index in [1.165, 1.54) is 7.11 Å². The van der Waals surface area contributed by atoms with Crippen LogP contribution in [0.25, 0.3) is 16.9 Å². The van der Waals surface area contributed by atoms with E-state index in [2.05, 4.69) is 20.1 Å². The van der Waals surface area contributed by atoms with Crippen molar-refractivity contribution in [2.75, 3.05) is 13.7 Å². The normalized spacial score (nSPS) is 10.3. The van der Waals surface area contributed by atoms with Crippen LogP contribution in [-0.4, -0.2) is 40.3 Å². The SMILES string of the molecule is COC(=O)CNC(=O)c1cn(-c2ccccc2)nc1-c1cccnc1. The molecule has 25 heavy (non-hydrogen) atoms. The second-order valence-corrected chi connectivity index (χ2v) is 5.17. The zero-order chi connectivity index (χ0) is 17.6. The number of amides is 1. The molecule has 0 bridgehead atoms. The maximum Gasteiger partial charge on any atom is 0.325 e. The average molecular weight is 336 g/mol. The van der Waals surface area contributed by atoms with Gasteiger partial charge in [0.2, 0.25) is 0 Å². The summed E-state index contributed by atoms with van der Waals surface area (Å²) >= 11 is 0. The van der Waals surface area contributed by atoms with Gasteiger partial charge in [-0.15, -0.1) is 0 Å². The Balaban J connectivity index is 1.99. The minimum absolute atomic E-state index is 0.210. The van der Waals surface area contributed by atoms with Gasteiger partial charge in [-0.1, -0.05) is 18.2 Å². The van der Waals surface area contributed by atoms with E-state index in [1.807, 2.05) is 36.4 Å². The van der Waals surface area contributed by atoms with Gasteiger partial charge in [0.25, 0.3) is 5.91 Å². The summed E-state index contributed by atoms with van der Waals surface area (Å²) in [6.45, 7) is -0.210. The lowest BCUT2D eigenvalue weighted by atomic mass is 10.1. The molecule has 2 heterocycles. The van der Waals surface area contributed by atoms with E-state index in [0.717, 1.165) is 5.69 Å². The molecule has 0 aliphatic carbocycles. The van der Waals surface area contributed by atoms with Crippen LogP contribution in [0.1, 0.15) is 10.4 Å². The third-order valence-corrected chi connectivity index (χ3v) is 3.54. The summed E-state index contributed by atoms with van der Waals surface area (Å²) < 4.78 is 6.16. The molecule has 1 aromatic carbocycles. The highest BCUT2D eigenvalue weighted by molar-refractivity contribution is 6.01. The Bertz CT molecular complexity index is 876. The molecule has 7 heteroatoms. The van der Waals surface area contributed by atoms with Crippen molar-refractivity contribution in [2.45, 2.75) is 0 Å². The number of carbonyl (C=O) groups excluding carboxylic acids is 2. The molecule has 0 atom stereocenters. The maximum absolute atomic E-state index is 12.5. The molecule has 0 unspecified atom stereocenters. The number of hydrogen-bond donors (Lipinski definition) is 1. The monoisotopic (exact) mass is 336 g/mol. The van der Waals surface area contributed by atoms with Crippen molar-refractivity contribution < 1.29 is 14.3 Å². The largest absolute Gasteiger partial charge is 0.468 e. The van der Waals surface area contributed by atoms with Gasteiger partial charge in [0.05, 0.1) is 18.4 Å². The number of ether oxygens (including phenoxy) is 1. The maximum atomic E-state index is 12.5. The molecular formula is C18H16N4O3. The van der Waals surface area contributed by atoms with Gasteiger partial charge in [-0.3, -0.25) is 14.6 Å². The van der Waals surface area contributed by atoms with Crippen LogP contribution in [-0.2, 0) is 9.53 Å². The van der Waals surface area contributed by atoms with Crippen molar-refractivity contribution in [1.82, 2.24) is 20.1 Å².